The van der Waals surface area contributed by atoms with Crippen LogP contribution in [0.15, 0.2) is 36.5 Å². The van der Waals surface area contributed by atoms with Gasteiger partial charge in [-0.2, -0.15) is 23.5 Å². The fraction of sp³-hybridized carbons (Fsp3) is 0.360. The van der Waals surface area contributed by atoms with E-state index in [1.165, 1.54) is 6.20 Å². The van der Waals surface area contributed by atoms with Gasteiger partial charge >= 0.3 is 12.2 Å². The molecule has 2 atom stereocenters. The van der Waals surface area contributed by atoms with Crippen molar-refractivity contribution < 1.29 is 18.0 Å². The summed E-state index contributed by atoms with van der Waals surface area (Å²) in [6, 6.07) is 9.14. The van der Waals surface area contributed by atoms with E-state index in [2.05, 4.69) is 15.4 Å². The van der Waals surface area contributed by atoms with Crippen molar-refractivity contribution >= 4 is 23.4 Å². The number of likely N-dealkylation sites (tertiary alicyclic amines) is 1. The van der Waals surface area contributed by atoms with Gasteiger partial charge in [-0.1, -0.05) is 17.7 Å². The van der Waals surface area contributed by atoms with E-state index in [-0.39, 0.29) is 23.1 Å². The Morgan fingerprint density at radius 2 is 2.03 bits per heavy atom. The molecule has 0 aliphatic carbocycles. The Labute approximate surface area is 215 Å². The summed E-state index contributed by atoms with van der Waals surface area (Å²) in [5.74, 6) is -0.576. The Kier molecular flexibility index (Phi) is 6.02. The number of aryl methyl sites for hydroxylation is 1. The molecule has 8 nitrogen and oxygen atoms in total. The van der Waals surface area contributed by atoms with Crippen LogP contribution in [0, 0.1) is 11.3 Å². The van der Waals surface area contributed by atoms with E-state index in [9.17, 15) is 18.0 Å². The molecule has 0 unspecified atom stereocenters. The molecule has 0 saturated carbocycles. The lowest BCUT2D eigenvalue weighted by Gasteiger charge is -2.25. The number of rotatable bonds is 3. The van der Waals surface area contributed by atoms with E-state index in [0.717, 1.165) is 18.2 Å². The van der Waals surface area contributed by atoms with Gasteiger partial charge in [-0.25, -0.2) is 9.78 Å². The molecule has 2 aromatic heterocycles. The number of nitrogens with zero attached hydrogens (tertiary/aromatic N) is 5. The quantitative estimate of drug-likeness (QED) is 0.501. The summed E-state index contributed by atoms with van der Waals surface area (Å²) in [5, 5.41) is 16.9. The Bertz CT molecular complexity index is 1430. The summed E-state index contributed by atoms with van der Waals surface area (Å²) in [6.45, 7) is 3.42. The molecule has 1 aromatic carbocycles. The van der Waals surface area contributed by atoms with Gasteiger partial charge in [0.25, 0.3) is 0 Å². The van der Waals surface area contributed by atoms with E-state index in [0.29, 0.717) is 47.9 Å². The highest BCUT2D eigenvalue weighted by molar-refractivity contribution is 6.31. The number of carbonyl (C=O) groups is 1. The highest BCUT2D eigenvalue weighted by atomic mass is 35.5. The van der Waals surface area contributed by atoms with Crippen LogP contribution < -0.4 is 11.1 Å². The number of nitriles is 1. The number of alkyl halides is 3. The number of hydrogen-bond donors (Lipinski definition) is 2. The number of nitrogens with one attached hydrogen (secondary N) is 1. The molecule has 1 saturated heterocycles. The van der Waals surface area contributed by atoms with Crippen LogP contribution in [0.3, 0.4) is 0 Å². The van der Waals surface area contributed by atoms with E-state index >= 15 is 0 Å². The largest absolute Gasteiger partial charge is 0.419 e. The van der Waals surface area contributed by atoms with Crippen molar-refractivity contribution in [2.75, 3.05) is 18.8 Å². The summed E-state index contributed by atoms with van der Waals surface area (Å²) in [4.78, 5) is 18.5. The van der Waals surface area contributed by atoms with Gasteiger partial charge in [0.2, 0.25) is 0 Å². The third-order valence-electron chi connectivity index (χ3n) is 7.22. The SMILES string of the molecule is C[C@@H](NC(=O)N1CC[C@@]2(CCn3nc(-c4cnc(N)c(C(F)(F)F)c4)cc32)C1)c1ccc(C#N)cc1Cl. The zero-order valence-corrected chi connectivity index (χ0v) is 20.6. The third kappa shape index (κ3) is 4.46. The predicted molar refractivity (Wildman–Crippen MR) is 130 cm³/mol. The zero-order chi connectivity index (χ0) is 26.5. The predicted octanol–water partition coefficient (Wildman–Crippen LogP) is 4.89. The molecule has 1 fully saturated rings. The summed E-state index contributed by atoms with van der Waals surface area (Å²) in [7, 11) is 0. The molecular weight excluding hydrogens is 507 g/mol. The van der Waals surface area contributed by atoms with Crippen LogP contribution in [-0.4, -0.2) is 38.8 Å². The van der Waals surface area contributed by atoms with Gasteiger partial charge < -0.3 is 16.0 Å². The number of anilines is 1. The molecule has 192 valence electrons. The van der Waals surface area contributed by atoms with Crippen molar-refractivity contribution in [2.24, 2.45) is 0 Å². The lowest BCUT2D eigenvalue weighted by molar-refractivity contribution is -0.137. The van der Waals surface area contributed by atoms with Crippen molar-refractivity contribution in [1.82, 2.24) is 25.0 Å². The average Bonchev–Trinajstić information content (AvgIpc) is 3.55. The van der Waals surface area contributed by atoms with Crippen molar-refractivity contribution in [3.63, 3.8) is 0 Å². The summed E-state index contributed by atoms with van der Waals surface area (Å²) >= 11 is 6.30. The topological polar surface area (TPSA) is 113 Å². The molecule has 2 amide bonds. The monoisotopic (exact) mass is 529 g/mol. The highest BCUT2D eigenvalue weighted by Gasteiger charge is 2.47. The number of hydrogen-bond acceptors (Lipinski definition) is 5. The maximum Gasteiger partial charge on any atom is 0.419 e. The molecule has 0 radical (unpaired) electrons. The van der Waals surface area contributed by atoms with Crippen molar-refractivity contribution in [2.45, 2.75) is 43.9 Å². The first kappa shape index (κ1) is 24.9. The van der Waals surface area contributed by atoms with E-state index < -0.39 is 17.6 Å². The number of carbonyl (C=O) groups excluding carboxylic acids is 1. The van der Waals surface area contributed by atoms with Crippen LogP contribution in [-0.2, 0) is 18.1 Å². The van der Waals surface area contributed by atoms with Gasteiger partial charge in [0.05, 0.1) is 28.9 Å². The smallest absolute Gasteiger partial charge is 0.383 e. The second-order valence-electron chi connectivity index (χ2n) is 9.51. The Morgan fingerprint density at radius 1 is 1.27 bits per heavy atom. The molecule has 37 heavy (non-hydrogen) atoms. The van der Waals surface area contributed by atoms with Gasteiger partial charge in [-0.05, 0) is 49.6 Å². The van der Waals surface area contributed by atoms with Crippen molar-refractivity contribution in [3.8, 4) is 17.3 Å². The maximum absolute atomic E-state index is 13.3. The minimum atomic E-state index is -4.62. The Hall–Kier alpha value is -3.78. The van der Waals surface area contributed by atoms with Gasteiger partial charge in [0.15, 0.2) is 0 Å². The van der Waals surface area contributed by atoms with E-state index in [4.69, 9.17) is 22.6 Å². The minimum Gasteiger partial charge on any atom is -0.383 e. The average molecular weight is 530 g/mol. The number of nitrogens with two attached hydrogens (primary N) is 1. The first-order chi connectivity index (χ1) is 17.5. The summed E-state index contributed by atoms with van der Waals surface area (Å²) in [5.41, 5.74) is 6.79. The second kappa shape index (κ2) is 8.95. The molecule has 12 heteroatoms. The molecule has 4 heterocycles. The first-order valence-electron chi connectivity index (χ1n) is 11.7. The molecule has 5 rings (SSSR count). The molecular formula is C25H23ClF3N7O. The van der Waals surface area contributed by atoms with Crippen LogP contribution in [0.2, 0.25) is 5.02 Å². The number of urea groups is 1. The molecule has 3 aromatic rings. The standard InChI is InChI=1S/C25H23ClF3N7O/c1-14(17-3-2-15(11-30)8-19(17)26)33-23(37)35-6-4-24(13-35)5-7-36-21(24)10-20(34-36)16-9-18(25(27,28)29)22(31)32-12-16/h2-3,8-10,12,14H,4-7,13H2,1H3,(H2,31,32)(H,33,37)/t14-,24-/m1/s1. The van der Waals surface area contributed by atoms with Crippen molar-refractivity contribution in [3.05, 3.63) is 63.9 Å². The number of benzene rings is 1. The lowest BCUT2D eigenvalue weighted by atomic mass is 9.82. The van der Waals surface area contributed by atoms with E-state index in [1.807, 2.05) is 13.0 Å². The highest BCUT2D eigenvalue weighted by Crippen LogP contribution is 2.44. The molecule has 3 N–H and O–H groups in total. The Morgan fingerprint density at radius 3 is 2.73 bits per heavy atom. The van der Waals surface area contributed by atoms with Gasteiger partial charge in [0.1, 0.15) is 5.82 Å². The third-order valence-corrected chi connectivity index (χ3v) is 7.55. The fourth-order valence-corrected chi connectivity index (χ4v) is 5.55. The summed E-state index contributed by atoms with van der Waals surface area (Å²) < 4.78 is 41.7. The Balaban J connectivity index is 1.32. The van der Waals surface area contributed by atoms with Crippen molar-refractivity contribution in [1.29, 1.82) is 5.26 Å². The minimum absolute atomic E-state index is 0.235. The van der Waals surface area contributed by atoms with Gasteiger partial charge in [-0.3, -0.25) is 4.68 Å². The second-order valence-corrected chi connectivity index (χ2v) is 9.92. The van der Waals surface area contributed by atoms with Crippen LogP contribution in [0.25, 0.3) is 11.3 Å². The van der Waals surface area contributed by atoms with Crippen LogP contribution in [0.4, 0.5) is 23.8 Å². The maximum atomic E-state index is 13.3. The molecule has 0 bridgehead atoms. The van der Waals surface area contributed by atoms with Gasteiger partial charge in [-0.15, -0.1) is 0 Å². The van der Waals surface area contributed by atoms with Crippen LogP contribution >= 0.6 is 11.6 Å². The first-order valence-corrected chi connectivity index (χ1v) is 12.0. The van der Waals surface area contributed by atoms with Crippen LogP contribution in [0.5, 0.6) is 0 Å². The summed E-state index contributed by atoms with van der Waals surface area (Å²) in [6.07, 6.45) is -1.83. The number of halogens is 4. The normalized spacial score (nSPS) is 19.6. The van der Waals surface area contributed by atoms with Gasteiger partial charge in [0, 0.05) is 47.5 Å². The fourth-order valence-electron chi connectivity index (χ4n) is 5.21. The zero-order valence-electron chi connectivity index (χ0n) is 19.8. The molecule has 2 aliphatic heterocycles. The number of pyridine rings is 1. The number of nitrogen functional groups attached to an aromatic ring is 1. The van der Waals surface area contributed by atoms with Crippen LogP contribution in [0.1, 0.15) is 48.2 Å². The lowest BCUT2D eigenvalue weighted by Crippen LogP contribution is -2.41. The number of aromatic nitrogens is 3. The molecule has 1 spiro atoms. The molecule has 2 aliphatic rings. The number of fused-ring (bicyclic) bond motifs is 2. The number of amides is 2. The van der Waals surface area contributed by atoms with E-state index in [1.54, 1.807) is 33.8 Å².